The molecule has 0 radical (unpaired) electrons. The average molecular weight is 403 g/mol. The fourth-order valence-corrected chi connectivity index (χ4v) is 3.82. The van der Waals surface area contributed by atoms with Gasteiger partial charge in [0.25, 0.3) is 5.91 Å². The fraction of sp³-hybridized carbons (Fsp3) is 0.211. The monoisotopic (exact) mass is 402 g/mol. The molecule has 0 saturated heterocycles. The number of aromatic amines is 1. The summed E-state index contributed by atoms with van der Waals surface area (Å²) in [7, 11) is 0. The van der Waals surface area contributed by atoms with Crippen LogP contribution in [0.25, 0.3) is 10.9 Å². The Morgan fingerprint density at radius 3 is 2.96 bits per heavy atom. The highest BCUT2D eigenvalue weighted by atomic mass is 79.9. The second kappa shape index (κ2) is 6.52. The molecule has 2 N–H and O–H groups in total. The number of fused-ring (bicyclic) bond motifs is 2. The minimum Gasteiger partial charge on any atom is -0.493 e. The molecule has 0 spiro atoms. The van der Waals surface area contributed by atoms with Gasteiger partial charge >= 0.3 is 0 Å². The number of aromatic nitrogens is 1. The van der Waals surface area contributed by atoms with Gasteiger partial charge in [0.05, 0.1) is 17.1 Å². The molecule has 0 saturated carbocycles. The quantitative estimate of drug-likeness (QED) is 0.651. The van der Waals surface area contributed by atoms with Crippen LogP contribution < -0.4 is 10.1 Å². The predicted octanol–water partition coefficient (Wildman–Crippen LogP) is 4.71. The highest BCUT2D eigenvalue weighted by molar-refractivity contribution is 9.10. The summed E-state index contributed by atoms with van der Waals surface area (Å²) in [6.45, 7) is 0.557. The molecule has 2 aromatic carbocycles. The maximum atomic E-state index is 13.7. The highest BCUT2D eigenvalue weighted by Crippen LogP contribution is 2.33. The van der Waals surface area contributed by atoms with Gasteiger partial charge < -0.3 is 15.0 Å². The lowest BCUT2D eigenvalue weighted by molar-refractivity contribution is 0.0929. The van der Waals surface area contributed by atoms with Gasteiger partial charge in [0.1, 0.15) is 17.3 Å². The number of rotatable bonds is 2. The van der Waals surface area contributed by atoms with Crippen molar-refractivity contribution in [2.24, 2.45) is 0 Å². The van der Waals surface area contributed by atoms with E-state index >= 15 is 0 Å². The number of para-hydroxylation sites is 1. The van der Waals surface area contributed by atoms with Gasteiger partial charge in [0, 0.05) is 16.5 Å². The molecule has 0 unspecified atom stereocenters. The topological polar surface area (TPSA) is 54.1 Å². The van der Waals surface area contributed by atoms with E-state index in [1.807, 2.05) is 24.3 Å². The molecule has 2 heterocycles. The van der Waals surface area contributed by atoms with Crippen molar-refractivity contribution in [2.75, 3.05) is 6.61 Å². The zero-order chi connectivity index (χ0) is 17.4. The van der Waals surface area contributed by atoms with Gasteiger partial charge in [0.2, 0.25) is 0 Å². The maximum absolute atomic E-state index is 13.7. The zero-order valence-electron chi connectivity index (χ0n) is 13.3. The van der Waals surface area contributed by atoms with Crippen LogP contribution in [0.3, 0.4) is 0 Å². The molecule has 0 aliphatic carbocycles. The second-order valence-electron chi connectivity index (χ2n) is 6.06. The SMILES string of the molecule is O=C(N[C@@H]1CCCOc2ccc(F)cc21)c1[nH]c2ccccc2c1Br. The lowest BCUT2D eigenvalue weighted by Gasteiger charge is -2.18. The molecule has 1 atom stereocenters. The number of amides is 1. The number of ether oxygens (including phenoxy) is 1. The minimum atomic E-state index is -0.338. The molecule has 1 aliphatic heterocycles. The van der Waals surface area contributed by atoms with E-state index in [1.165, 1.54) is 12.1 Å². The first-order valence-electron chi connectivity index (χ1n) is 8.13. The van der Waals surface area contributed by atoms with E-state index in [0.717, 1.165) is 21.8 Å². The molecule has 1 aliphatic rings. The third kappa shape index (κ3) is 3.02. The van der Waals surface area contributed by atoms with Crippen LogP contribution in [0, 0.1) is 5.82 Å². The molecule has 1 amide bonds. The summed E-state index contributed by atoms with van der Waals surface area (Å²) >= 11 is 3.50. The number of nitrogens with one attached hydrogen (secondary N) is 2. The number of carbonyl (C=O) groups is 1. The van der Waals surface area contributed by atoms with Crippen LogP contribution in [0.4, 0.5) is 4.39 Å². The Morgan fingerprint density at radius 1 is 1.28 bits per heavy atom. The first kappa shape index (κ1) is 16.1. The normalized spacial score (nSPS) is 16.8. The maximum Gasteiger partial charge on any atom is 0.269 e. The number of H-pyrrole nitrogens is 1. The number of halogens is 2. The average Bonchev–Trinajstić information content (AvgIpc) is 2.83. The molecule has 0 bridgehead atoms. The van der Waals surface area contributed by atoms with E-state index in [9.17, 15) is 9.18 Å². The molecule has 4 rings (SSSR count). The number of hydrogen-bond donors (Lipinski definition) is 2. The van der Waals surface area contributed by atoms with Gasteiger partial charge in [-0.25, -0.2) is 4.39 Å². The van der Waals surface area contributed by atoms with Crippen molar-refractivity contribution in [1.82, 2.24) is 10.3 Å². The van der Waals surface area contributed by atoms with Crippen molar-refractivity contribution in [3.8, 4) is 5.75 Å². The van der Waals surface area contributed by atoms with Crippen LogP contribution in [0.2, 0.25) is 0 Å². The van der Waals surface area contributed by atoms with Crippen molar-refractivity contribution in [3.05, 3.63) is 64.0 Å². The summed E-state index contributed by atoms with van der Waals surface area (Å²) in [5, 5.41) is 3.96. The molecule has 128 valence electrons. The van der Waals surface area contributed by atoms with Crippen molar-refractivity contribution in [1.29, 1.82) is 0 Å². The van der Waals surface area contributed by atoms with E-state index in [0.29, 0.717) is 30.0 Å². The molecule has 25 heavy (non-hydrogen) atoms. The van der Waals surface area contributed by atoms with Gasteiger partial charge in [-0.1, -0.05) is 18.2 Å². The van der Waals surface area contributed by atoms with Crippen LogP contribution >= 0.6 is 15.9 Å². The Bertz CT molecular complexity index is 954. The third-order valence-corrected chi connectivity index (χ3v) is 5.24. The minimum absolute atomic E-state index is 0.231. The molecular formula is C19H16BrFN2O2. The van der Waals surface area contributed by atoms with Gasteiger partial charge in [0.15, 0.2) is 0 Å². The molecule has 0 fully saturated rings. The predicted molar refractivity (Wildman–Crippen MR) is 97.3 cm³/mol. The standard InChI is InChI=1S/C19H16BrFN2O2/c20-17-12-4-1-2-5-14(12)22-18(17)19(24)23-15-6-3-9-25-16-8-7-11(21)10-13(15)16/h1-2,4-5,7-8,10,15,22H,3,6,9H2,(H,23,24)/t15-/m1/s1. The van der Waals surface area contributed by atoms with Crippen molar-refractivity contribution >= 4 is 32.7 Å². The summed E-state index contributed by atoms with van der Waals surface area (Å²) in [6, 6.07) is 11.8. The van der Waals surface area contributed by atoms with Gasteiger partial charge in [-0.05, 0) is 53.0 Å². The number of hydrogen-bond acceptors (Lipinski definition) is 2. The Labute approximate surface area is 152 Å². The third-order valence-electron chi connectivity index (χ3n) is 4.42. The molecule has 6 heteroatoms. The lowest BCUT2D eigenvalue weighted by Crippen LogP contribution is -2.29. The summed E-state index contributed by atoms with van der Waals surface area (Å²) in [6.07, 6.45) is 1.48. The molecule has 3 aromatic rings. The fourth-order valence-electron chi connectivity index (χ4n) is 3.19. The Kier molecular flexibility index (Phi) is 4.21. The van der Waals surface area contributed by atoms with Crippen molar-refractivity contribution in [3.63, 3.8) is 0 Å². The summed E-state index contributed by atoms with van der Waals surface area (Å²) < 4.78 is 20.1. The van der Waals surface area contributed by atoms with E-state index in [4.69, 9.17) is 4.74 Å². The van der Waals surface area contributed by atoms with E-state index in [-0.39, 0.29) is 17.8 Å². The first-order valence-corrected chi connectivity index (χ1v) is 8.92. The Hall–Kier alpha value is -2.34. The largest absolute Gasteiger partial charge is 0.493 e. The van der Waals surface area contributed by atoms with Gasteiger partial charge in [-0.15, -0.1) is 0 Å². The van der Waals surface area contributed by atoms with Crippen molar-refractivity contribution < 1.29 is 13.9 Å². The number of benzene rings is 2. The Morgan fingerprint density at radius 2 is 2.12 bits per heavy atom. The van der Waals surface area contributed by atoms with Crippen LogP contribution in [0.15, 0.2) is 46.9 Å². The zero-order valence-corrected chi connectivity index (χ0v) is 14.9. The molecule has 1 aromatic heterocycles. The van der Waals surface area contributed by atoms with E-state index < -0.39 is 0 Å². The van der Waals surface area contributed by atoms with Crippen LogP contribution in [0.5, 0.6) is 5.75 Å². The highest BCUT2D eigenvalue weighted by Gasteiger charge is 2.24. The lowest BCUT2D eigenvalue weighted by atomic mass is 10.0. The second-order valence-corrected chi connectivity index (χ2v) is 6.85. The van der Waals surface area contributed by atoms with Crippen LogP contribution in [-0.2, 0) is 0 Å². The van der Waals surface area contributed by atoms with E-state index in [1.54, 1.807) is 6.07 Å². The number of carbonyl (C=O) groups excluding carboxylic acids is 1. The Balaban J connectivity index is 1.66. The van der Waals surface area contributed by atoms with Gasteiger partial charge in [-0.2, -0.15) is 0 Å². The van der Waals surface area contributed by atoms with E-state index in [2.05, 4.69) is 26.2 Å². The van der Waals surface area contributed by atoms with Crippen LogP contribution in [0.1, 0.15) is 34.9 Å². The molecule has 4 nitrogen and oxygen atoms in total. The van der Waals surface area contributed by atoms with Crippen LogP contribution in [-0.4, -0.2) is 17.5 Å². The van der Waals surface area contributed by atoms with Gasteiger partial charge in [-0.3, -0.25) is 4.79 Å². The summed E-state index contributed by atoms with van der Waals surface area (Å²) in [4.78, 5) is 15.9. The summed E-state index contributed by atoms with van der Waals surface area (Å²) in [5.74, 6) is 0.0559. The molecular weight excluding hydrogens is 387 g/mol. The van der Waals surface area contributed by atoms with Crippen molar-refractivity contribution in [2.45, 2.75) is 18.9 Å². The first-order chi connectivity index (χ1) is 12.1. The smallest absolute Gasteiger partial charge is 0.269 e. The summed E-state index contributed by atoms with van der Waals surface area (Å²) in [5.41, 5.74) is 2.03.